The number of thiocarbonyl (C=S) groups is 1. The van der Waals surface area contributed by atoms with E-state index < -0.39 is 0 Å². The topological polar surface area (TPSA) is 42.2 Å². The number of nitrogens with two attached hydrogens (primary N) is 1. The molecule has 5 heteroatoms. The maximum Gasteiger partial charge on any atom is 0.0768 e. The van der Waals surface area contributed by atoms with Crippen LogP contribution < -0.4 is 5.73 Å². The Kier molecular flexibility index (Phi) is 5.82. The van der Waals surface area contributed by atoms with Crippen LogP contribution >= 0.6 is 23.8 Å². The van der Waals surface area contributed by atoms with Crippen molar-refractivity contribution in [1.29, 1.82) is 0 Å². The summed E-state index contributed by atoms with van der Waals surface area (Å²) in [5.74, 6) is 0.213. The molecule has 0 amide bonds. The van der Waals surface area contributed by atoms with Crippen molar-refractivity contribution in [3.05, 3.63) is 29.0 Å². The second kappa shape index (κ2) is 6.89. The average molecular weight is 272 g/mol. The lowest BCUT2D eigenvalue weighted by Gasteiger charge is -2.24. The maximum atomic E-state index is 6.08. The molecule has 1 aromatic heterocycles. The van der Waals surface area contributed by atoms with Crippen molar-refractivity contribution in [2.45, 2.75) is 20.4 Å². The van der Waals surface area contributed by atoms with Gasteiger partial charge in [0.05, 0.1) is 10.0 Å². The van der Waals surface area contributed by atoms with E-state index in [2.05, 4.69) is 16.8 Å². The van der Waals surface area contributed by atoms with Crippen molar-refractivity contribution in [2.75, 3.05) is 13.1 Å². The van der Waals surface area contributed by atoms with Crippen LogP contribution in [-0.4, -0.2) is 28.0 Å². The van der Waals surface area contributed by atoms with E-state index in [1.165, 1.54) is 0 Å². The van der Waals surface area contributed by atoms with Gasteiger partial charge in [0.25, 0.3) is 0 Å². The minimum absolute atomic E-state index is 0.213. The third-order valence-electron chi connectivity index (χ3n) is 2.72. The highest BCUT2D eigenvalue weighted by Gasteiger charge is 2.12. The summed E-state index contributed by atoms with van der Waals surface area (Å²) < 4.78 is 0. The fourth-order valence-electron chi connectivity index (χ4n) is 1.56. The molecule has 1 unspecified atom stereocenters. The molecule has 0 aliphatic carbocycles. The lowest BCUT2D eigenvalue weighted by molar-refractivity contribution is 0.264. The average Bonchev–Trinajstić information content (AvgIpc) is 2.30. The van der Waals surface area contributed by atoms with Crippen LogP contribution in [0.3, 0.4) is 0 Å². The van der Waals surface area contributed by atoms with Crippen molar-refractivity contribution in [3.8, 4) is 0 Å². The molecule has 0 aliphatic heterocycles. The summed E-state index contributed by atoms with van der Waals surface area (Å²) in [4.78, 5) is 6.80. The van der Waals surface area contributed by atoms with E-state index in [1.807, 2.05) is 13.0 Å². The normalized spacial score (nSPS) is 12.7. The van der Waals surface area contributed by atoms with Gasteiger partial charge in [-0.05, 0) is 18.2 Å². The first-order valence-electron chi connectivity index (χ1n) is 5.64. The molecule has 17 heavy (non-hydrogen) atoms. The highest BCUT2D eigenvalue weighted by atomic mass is 35.5. The standard InChI is InChI=1S/C12H18ClN3S/c1-3-16(7-9(2)12(14)17)8-10-4-5-15-6-11(10)13/h4-6,9H,3,7-8H2,1-2H3,(H2,14,17). The quantitative estimate of drug-likeness (QED) is 0.807. The molecule has 3 nitrogen and oxygen atoms in total. The molecular formula is C12H18ClN3S. The van der Waals surface area contributed by atoms with E-state index in [1.54, 1.807) is 12.4 Å². The van der Waals surface area contributed by atoms with Gasteiger partial charge in [-0.1, -0.05) is 37.7 Å². The zero-order valence-electron chi connectivity index (χ0n) is 10.2. The lowest BCUT2D eigenvalue weighted by atomic mass is 10.1. The number of pyridine rings is 1. The predicted molar refractivity (Wildman–Crippen MR) is 76.1 cm³/mol. The summed E-state index contributed by atoms with van der Waals surface area (Å²) in [6.45, 7) is 6.74. The maximum absolute atomic E-state index is 6.08. The summed E-state index contributed by atoms with van der Waals surface area (Å²) >= 11 is 11.1. The fraction of sp³-hybridized carbons (Fsp3) is 0.500. The first-order valence-corrected chi connectivity index (χ1v) is 6.43. The van der Waals surface area contributed by atoms with E-state index in [4.69, 9.17) is 29.6 Å². The van der Waals surface area contributed by atoms with E-state index in [9.17, 15) is 0 Å². The molecule has 0 saturated carbocycles. The number of hydrogen-bond donors (Lipinski definition) is 1. The van der Waals surface area contributed by atoms with Crippen molar-refractivity contribution in [1.82, 2.24) is 9.88 Å². The molecule has 0 saturated heterocycles. The van der Waals surface area contributed by atoms with Gasteiger partial charge >= 0.3 is 0 Å². The molecule has 0 aliphatic rings. The molecule has 0 radical (unpaired) electrons. The number of hydrogen-bond acceptors (Lipinski definition) is 3. The van der Waals surface area contributed by atoms with Crippen LogP contribution in [0.2, 0.25) is 5.02 Å². The van der Waals surface area contributed by atoms with Crippen LogP contribution in [0.5, 0.6) is 0 Å². The second-order valence-corrected chi connectivity index (χ2v) is 4.98. The summed E-state index contributed by atoms with van der Waals surface area (Å²) in [5, 5.41) is 0.703. The first-order chi connectivity index (χ1) is 8.04. The van der Waals surface area contributed by atoms with E-state index in [0.29, 0.717) is 10.0 Å². The number of aromatic nitrogens is 1. The SMILES string of the molecule is CCN(Cc1ccncc1Cl)CC(C)C(N)=S. The Labute approximate surface area is 113 Å². The van der Waals surface area contributed by atoms with Gasteiger partial charge in [-0.25, -0.2) is 0 Å². The van der Waals surface area contributed by atoms with Crippen LogP contribution in [0.1, 0.15) is 19.4 Å². The highest BCUT2D eigenvalue weighted by Crippen LogP contribution is 2.16. The molecule has 2 N–H and O–H groups in total. The molecule has 0 spiro atoms. The summed E-state index contributed by atoms with van der Waals surface area (Å²) in [6, 6.07) is 1.94. The van der Waals surface area contributed by atoms with E-state index >= 15 is 0 Å². The van der Waals surface area contributed by atoms with Gasteiger partial charge in [-0.3, -0.25) is 9.88 Å². The Morgan fingerprint density at radius 3 is 2.88 bits per heavy atom. The molecule has 94 valence electrons. The third-order valence-corrected chi connectivity index (χ3v) is 3.46. The fourth-order valence-corrected chi connectivity index (χ4v) is 1.81. The Morgan fingerprint density at radius 2 is 2.35 bits per heavy atom. The summed E-state index contributed by atoms with van der Waals surface area (Å²) in [7, 11) is 0. The van der Waals surface area contributed by atoms with Crippen molar-refractivity contribution >= 4 is 28.8 Å². The predicted octanol–water partition coefficient (Wildman–Crippen LogP) is 2.48. The Balaban J connectivity index is 2.64. The van der Waals surface area contributed by atoms with Gasteiger partial charge in [0.15, 0.2) is 0 Å². The lowest BCUT2D eigenvalue weighted by Crippen LogP contribution is -2.33. The molecule has 1 heterocycles. The molecule has 1 rings (SSSR count). The smallest absolute Gasteiger partial charge is 0.0768 e. The molecule has 0 fully saturated rings. The van der Waals surface area contributed by atoms with Gasteiger partial charge in [0.1, 0.15) is 0 Å². The van der Waals surface area contributed by atoms with Gasteiger partial charge in [0.2, 0.25) is 0 Å². The van der Waals surface area contributed by atoms with Gasteiger partial charge in [-0.15, -0.1) is 0 Å². The monoisotopic (exact) mass is 271 g/mol. The van der Waals surface area contributed by atoms with Crippen molar-refractivity contribution in [3.63, 3.8) is 0 Å². The van der Waals surface area contributed by atoms with Crippen LogP contribution in [0.15, 0.2) is 18.5 Å². The number of rotatable bonds is 6. The number of halogens is 1. The van der Waals surface area contributed by atoms with Gasteiger partial charge in [-0.2, -0.15) is 0 Å². The minimum atomic E-state index is 0.213. The Morgan fingerprint density at radius 1 is 1.65 bits per heavy atom. The third kappa shape index (κ3) is 4.58. The van der Waals surface area contributed by atoms with Crippen LogP contribution in [-0.2, 0) is 6.54 Å². The van der Waals surface area contributed by atoms with E-state index in [-0.39, 0.29) is 5.92 Å². The van der Waals surface area contributed by atoms with E-state index in [0.717, 1.165) is 25.2 Å². The summed E-state index contributed by atoms with van der Waals surface area (Å²) in [5.41, 5.74) is 6.71. The zero-order chi connectivity index (χ0) is 12.8. The molecule has 0 bridgehead atoms. The molecule has 1 aromatic rings. The first kappa shape index (κ1) is 14.4. The van der Waals surface area contributed by atoms with Crippen LogP contribution in [0.25, 0.3) is 0 Å². The highest BCUT2D eigenvalue weighted by molar-refractivity contribution is 7.80. The number of nitrogens with zero attached hydrogens (tertiary/aromatic N) is 2. The van der Waals surface area contributed by atoms with Crippen molar-refractivity contribution in [2.24, 2.45) is 11.7 Å². The molecule has 1 atom stereocenters. The van der Waals surface area contributed by atoms with Gasteiger partial charge < -0.3 is 5.73 Å². The second-order valence-electron chi connectivity index (χ2n) is 4.10. The Hall–Kier alpha value is -0.710. The van der Waals surface area contributed by atoms with Gasteiger partial charge in [0, 0.05) is 31.4 Å². The molecular weight excluding hydrogens is 254 g/mol. The van der Waals surface area contributed by atoms with Crippen LogP contribution in [0, 0.1) is 5.92 Å². The Bertz CT molecular complexity index is 384. The van der Waals surface area contributed by atoms with Crippen LogP contribution in [0.4, 0.5) is 0 Å². The zero-order valence-corrected chi connectivity index (χ0v) is 11.8. The largest absolute Gasteiger partial charge is 0.393 e. The molecule has 0 aromatic carbocycles. The van der Waals surface area contributed by atoms with Crippen molar-refractivity contribution < 1.29 is 0 Å². The minimum Gasteiger partial charge on any atom is -0.393 e. The summed E-state index contributed by atoms with van der Waals surface area (Å²) in [6.07, 6.45) is 3.42.